The van der Waals surface area contributed by atoms with Crippen molar-refractivity contribution in [1.82, 2.24) is 14.1 Å². The van der Waals surface area contributed by atoms with Crippen molar-refractivity contribution in [3.05, 3.63) is 64.9 Å². The highest BCUT2D eigenvalue weighted by molar-refractivity contribution is 7.89. The Balaban J connectivity index is 1.79. The van der Waals surface area contributed by atoms with Gasteiger partial charge in [-0.25, -0.2) is 12.8 Å². The van der Waals surface area contributed by atoms with Crippen LogP contribution >= 0.6 is 11.6 Å². The highest BCUT2D eigenvalue weighted by Gasteiger charge is 2.53. The highest BCUT2D eigenvalue weighted by atomic mass is 35.5. The van der Waals surface area contributed by atoms with E-state index in [0.29, 0.717) is 5.02 Å². The number of fused-ring (bicyclic) bond motifs is 1. The van der Waals surface area contributed by atoms with Crippen LogP contribution < -0.4 is 5.73 Å². The molecule has 0 aromatic heterocycles. The molecule has 2 aromatic rings. The Kier molecular flexibility index (Phi) is 6.69. The number of carbonyl (C=O) groups excluding carboxylic acids is 2. The molecule has 2 amide bonds. The second kappa shape index (κ2) is 9.26. The lowest BCUT2D eigenvalue weighted by molar-refractivity contribution is -0.167. The number of piperazine rings is 1. The van der Waals surface area contributed by atoms with Gasteiger partial charge < -0.3 is 15.5 Å². The summed E-state index contributed by atoms with van der Waals surface area (Å²) >= 11 is 5.98. The van der Waals surface area contributed by atoms with E-state index in [1.165, 1.54) is 17.0 Å². The summed E-state index contributed by atoms with van der Waals surface area (Å²) in [5.74, 6) is -1.48. The van der Waals surface area contributed by atoms with E-state index in [2.05, 4.69) is 0 Å². The van der Waals surface area contributed by atoms with Crippen molar-refractivity contribution in [3.8, 4) is 0 Å². The Hall–Kier alpha value is -2.53. The van der Waals surface area contributed by atoms with Gasteiger partial charge in [-0.05, 0) is 49.7 Å². The van der Waals surface area contributed by atoms with Crippen LogP contribution in [-0.4, -0.2) is 71.7 Å². The zero-order valence-electron chi connectivity index (χ0n) is 18.8. The van der Waals surface area contributed by atoms with Gasteiger partial charge in [-0.15, -0.1) is 0 Å². The maximum Gasteiger partial charge on any atom is 0.246 e. The first-order valence-electron chi connectivity index (χ1n) is 10.9. The highest BCUT2D eigenvalue weighted by Crippen LogP contribution is 2.32. The lowest BCUT2D eigenvalue weighted by Gasteiger charge is -2.53. The Labute approximate surface area is 203 Å². The number of nitrogens with zero attached hydrogens (tertiary/aromatic N) is 3. The van der Waals surface area contributed by atoms with Crippen molar-refractivity contribution in [2.24, 2.45) is 5.73 Å². The smallest absolute Gasteiger partial charge is 0.246 e. The van der Waals surface area contributed by atoms with Crippen LogP contribution in [0.1, 0.15) is 19.4 Å². The summed E-state index contributed by atoms with van der Waals surface area (Å²) in [4.78, 5) is 29.3. The van der Waals surface area contributed by atoms with Crippen LogP contribution in [0.15, 0.2) is 53.4 Å². The van der Waals surface area contributed by atoms with E-state index in [-0.39, 0.29) is 36.4 Å². The largest absolute Gasteiger partial charge is 0.335 e. The number of carbonyl (C=O) groups is 2. The van der Waals surface area contributed by atoms with E-state index in [9.17, 15) is 22.4 Å². The number of hydrogen-bond acceptors (Lipinski definition) is 5. The van der Waals surface area contributed by atoms with Gasteiger partial charge in [0.1, 0.15) is 18.0 Å². The van der Waals surface area contributed by atoms with Crippen LogP contribution in [0.5, 0.6) is 0 Å². The lowest BCUT2D eigenvalue weighted by atomic mass is 9.96. The summed E-state index contributed by atoms with van der Waals surface area (Å²) in [5.41, 5.74) is 6.84. The monoisotopic (exact) mass is 508 g/mol. The van der Waals surface area contributed by atoms with E-state index in [4.69, 9.17) is 17.3 Å². The van der Waals surface area contributed by atoms with Gasteiger partial charge in [0.15, 0.2) is 0 Å². The Morgan fingerprint density at radius 2 is 1.76 bits per heavy atom. The van der Waals surface area contributed by atoms with Crippen molar-refractivity contribution in [2.45, 2.75) is 49.5 Å². The summed E-state index contributed by atoms with van der Waals surface area (Å²) in [6, 6.07) is 9.23. The molecule has 3 atom stereocenters. The standard InChI is InChI=1S/C23H26ClFN4O4S/c1-14(2)27-13-21-28(34(32,33)18-5-3-4-17(25)11-18)12-19(26)22(30)29(21)20(23(27)31)10-15-6-8-16(24)9-7-15/h3-9,11,14,19-21H,10,12-13,26H2,1-2H3. The summed E-state index contributed by atoms with van der Waals surface area (Å²) < 4.78 is 42.1. The SMILES string of the molecule is CC(C)N1CC2N(C(=O)C(N)CN2S(=O)(=O)c2cccc(F)c2)C(Cc2ccc(Cl)cc2)C1=O. The fraction of sp³-hybridized carbons (Fsp3) is 0.391. The number of nitrogens with two attached hydrogens (primary N) is 1. The minimum absolute atomic E-state index is 0.0133. The molecule has 0 aliphatic carbocycles. The molecule has 2 aromatic carbocycles. The molecular formula is C23H26ClFN4O4S. The minimum Gasteiger partial charge on any atom is -0.335 e. The van der Waals surface area contributed by atoms with Gasteiger partial charge in [-0.3, -0.25) is 9.59 Å². The number of rotatable bonds is 5. The summed E-state index contributed by atoms with van der Waals surface area (Å²) in [7, 11) is -4.22. The molecule has 11 heteroatoms. The van der Waals surface area contributed by atoms with Crippen molar-refractivity contribution in [3.63, 3.8) is 0 Å². The molecule has 2 heterocycles. The summed E-state index contributed by atoms with van der Waals surface area (Å²) in [6.07, 6.45) is -0.805. The average molecular weight is 509 g/mol. The molecule has 0 saturated carbocycles. The molecule has 182 valence electrons. The van der Waals surface area contributed by atoms with Crippen LogP contribution in [0.2, 0.25) is 5.02 Å². The first kappa shape index (κ1) is 24.6. The predicted octanol–water partition coefficient (Wildman–Crippen LogP) is 1.83. The van der Waals surface area contributed by atoms with E-state index in [1.807, 2.05) is 13.8 Å². The van der Waals surface area contributed by atoms with Crippen LogP contribution in [0.4, 0.5) is 4.39 Å². The second-order valence-electron chi connectivity index (χ2n) is 8.80. The minimum atomic E-state index is -4.22. The molecule has 2 N–H and O–H groups in total. The molecule has 4 rings (SSSR count). The molecule has 2 fully saturated rings. The third kappa shape index (κ3) is 4.43. The predicted molar refractivity (Wildman–Crippen MR) is 125 cm³/mol. The van der Waals surface area contributed by atoms with Crippen LogP contribution in [-0.2, 0) is 26.0 Å². The molecule has 2 saturated heterocycles. The van der Waals surface area contributed by atoms with Gasteiger partial charge in [0.2, 0.25) is 21.8 Å². The third-order valence-corrected chi connectivity index (χ3v) is 8.35. The van der Waals surface area contributed by atoms with Gasteiger partial charge in [-0.2, -0.15) is 4.31 Å². The Morgan fingerprint density at radius 3 is 2.38 bits per heavy atom. The number of benzene rings is 2. The molecule has 2 aliphatic rings. The normalized spacial score (nSPS) is 24.0. The summed E-state index contributed by atoms with van der Waals surface area (Å²) in [6.45, 7) is 3.37. The number of sulfonamides is 1. The second-order valence-corrected chi connectivity index (χ2v) is 11.1. The van der Waals surface area contributed by atoms with Gasteiger partial charge in [0.25, 0.3) is 0 Å². The Bertz CT molecular complexity index is 1210. The van der Waals surface area contributed by atoms with E-state index in [1.54, 1.807) is 29.2 Å². The van der Waals surface area contributed by atoms with Crippen LogP contribution in [0.25, 0.3) is 0 Å². The molecular weight excluding hydrogens is 483 g/mol. The maximum absolute atomic E-state index is 13.9. The molecule has 0 spiro atoms. The van der Waals surface area contributed by atoms with E-state index >= 15 is 0 Å². The lowest BCUT2D eigenvalue weighted by Crippen LogP contribution is -2.75. The first-order chi connectivity index (χ1) is 16.0. The molecule has 0 bridgehead atoms. The zero-order valence-corrected chi connectivity index (χ0v) is 20.3. The average Bonchev–Trinajstić information content (AvgIpc) is 2.78. The van der Waals surface area contributed by atoms with Crippen LogP contribution in [0.3, 0.4) is 0 Å². The van der Waals surface area contributed by atoms with Crippen molar-refractivity contribution in [1.29, 1.82) is 0 Å². The number of halogens is 2. The molecule has 8 nitrogen and oxygen atoms in total. The van der Waals surface area contributed by atoms with Gasteiger partial charge in [-0.1, -0.05) is 29.8 Å². The number of amides is 2. The fourth-order valence-electron chi connectivity index (χ4n) is 4.50. The molecule has 3 unspecified atom stereocenters. The molecule has 2 aliphatic heterocycles. The van der Waals surface area contributed by atoms with Crippen molar-refractivity contribution >= 4 is 33.4 Å². The molecule has 0 radical (unpaired) electrons. The van der Waals surface area contributed by atoms with Crippen molar-refractivity contribution in [2.75, 3.05) is 13.1 Å². The maximum atomic E-state index is 13.9. The van der Waals surface area contributed by atoms with Gasteiger partial charge >= 0.3 is 0 Å². The molecule has 34 heavy (non-hydrogen) atoms. The zero-order chi connectivity index (χ0) is 24.8. The first-order valence-corrected chi connectivity index (χ1v) is 12.7. The van der Waals surface area contributed by atoms with Gasteiger partial charge in [0, 0.05) is 24.0 Å². The quantitative estimate of drug-likeness (QED) is 0.663. The number of hydrogen-bond donors (Lipinski definition) is 1. The fourth-order valence-corrected chi connectivity index (χ4v) is 6.26. The Morgan fingerprint density at radius 1 is 1.09 bits per heavy atom. The van der Waals surface area contributed by atoms with E-state index < -0.39 is 40.0 Å². The summed E-state index contributed by atoms with van der Waals surface area (Å²) in [5, 5.41) is 0.531. The van der Waals surface area contributed by atoms with Gasteiger partial charge in [0.05, 0.1) is 17.5 Å². The van der Waals surface area contributed by atoms with E-state index in [0.717, 1.165) is 22.0 Å². The van der Waals surface area contributed by atoms with Crippen LogP contribution in [0, 0.1) is 5.82 Å². The third-order valence-electron chi connectivity index (χ3n) is 6.23. The topological polar surface area (TPSA) is 104 Å². The van der Waals surface area contributed by atoms with Crippen molar-refractivity contribution < 1.29 is 22.4 Å².